The fraction of sp³-hybridized carbons (Fsp3) is 0.429. The summed E-state index contributed by atoms with van der Waals surface area (Å²) < 4.78 is 14.9. The van der Waals surface area contributed by atoms with Crippen LogP contribution in [0.25, 0.3) is 0 Å². The average Bonchev–Trinajstić information content (AvgIpc) is 2.45. The second kappa shape index (κ2) is 7.37. The number of hydrogen-bond donors (Lipinski definition) is 1. The van der Waals surface area contributed by atoms with Gasteiger partial charge < -0.3 is 19.5 Å². The van der Waals surface area contributed by atoms with Gasteiger partial charge in [0.2, 0.25) is 5.91 Å². The molecule has 1 aromatic carbocycles. The van der Waals surface area contributed by atoms with Crippen LogP contribution < -0.4 is 14.8 Å². The second-order valence-electron chi connectivity index (χ2n) is 4.15. The Morgan fingerprint density at radius 1 is 1.05 bits per heavy atom. The molecule has 20 heavy (non-hydrogen) atoms. The molecule has 0 aliphatic rings. The summed E-state index contributed by atoms with van der Waals surface area (Å²) in [6.07, 6.45) is 0.0830. The molecule has 0 spiro atoms. The van der Waals surface area contributed by atoms with Crippen LogP contribution >= 0.6 is 0 Å². The monoisotopic (exact) mass is 281 g/mol. The number of methoxy groups -OCH3 is 3. The van der Waals surface area contributed by atoms with Gasteiger partial charge in [-0.05, 0) is 18.6 Å². The molecule has 0 atom stereocenters. The fourth-order valence-electron chi connectivity index (χ4n) is 1.68. The van der Waals surface area contributed by atoms with Crippen molar-refractivity contribution in [3.8, 4) is 11.5 Å². The van der Waals surface area contributed by atoms with Crippen LogP contribution in [-0.4, -0.2) is 33.2 Å². The van der Waals surface area contributed by atoms with E-state index in [1.54, 1.807) is 19.2 Å². The van der Waals surface area contributed by atoms with Gasteiger partial charge in [0.1, 0.15) is 11.5 Å². The highest BCUT2D eigenvalue weighted by Crippen LogP contribution is 2.32. The van der Waals surface area contributed by atoms with Crippen LogP contribution in [0.4, 0.5) is 5.69 Å². The van der Waals surface area contributed by atoms with Crippen molar-refractivity contribution in [3.05, 3.63) is 17.7 Å². The number of rotatable bonds is 6. The molecule has 1 aromatic rings. The number of carbonyl (C=O) groups excluding carboxylic acids is 2. The molecule has 0 fully saturated rings. The molecule has 0 aliphatic carbocycles. The van der Waals surface area contributed by atoms with Gasteiger partial charge in [-0.25, -0.2) is 0 Å². The quantitative estimate of drug-likeness (QED) is 0.806. The predicted molar refractivity (Wildman–Crippen MR) is 74.2 cm³/mol. The molecule has 0 radical (unpaired) electrons. The van der Waals surface area contributed by atoms with Crippen LogP contribution in [0.1, 0.15) is 18.4 Å². The van der Waals surface area contributed by atoms with Gasteiger partial charge in [0, 0.05) is 12.5 Å². The molecule has 1 rings (SSSR count). The first-order chi connectivity index (χ1) is 9.51. The second-order valence-corrected chi connectivity index (χ2v) is 4.15. The fourth-order valence-corrected chi connectivity index (χ4v) is 1.68. The van der Waals surface area contributed by atoms with E-state index in [9.17, 15) is 9.59 Å². The van der Waals surface area contributed by atoms with E-state index in [0.717, 1.165) is 5.56 Å². The predicted octanol–water partition coefficient (Wildman–Crippen LogP) is 1.90. The highest BCUT2D eigenvalue weighted by molar-refractivity contribution is 5.94. The first-order valence-corrected chi connectivity index (χ1v) is 6.11. The van der Waals surface area contributed by atoms with Crippen LogP contribution in [0.15, 0.2) is 12.1 Å². The van der Waals surface area contributed by atoms with E-state index in [4.69, 9.17) is 9.47 Å². The molecule has 110 valence electrons. The van der Waals surface area contributed by atoms with Crippen LogP contribution in [0.2, 0.25) is 0 Å². The van der Waals surface area contributed by atoms with Gasteiger partial charge in [-0.1, -0.05) is 0 Å². The molecule has 6 nitrogen and oxygen atoms in total. The highest BCUT2D eigenvalue weighted by atomic mass is 16.5. The summed E-state index contributed by atoms with van der Waals surface area (Å²) in [4.78, 5) is 22.8. The van der Waals surface area contributed by atoms with Crippen molar-refractivity contribution in [3.63, 3.8) is 0 Å². The van der Waals surface area contributed by atoms with E-state index in [-0.39, 0.29) is 18.7 Å². The summed E-state index contributed by atoms with van der Waals surface area (Å²) in [6, 6.07) is 3.46. The van der Waals surface area contributed by atoms with Crippen molar-refractivity contribution in [2.45, 2.75) is 19.8 Å². The van der Waals surface area contributed by atoms with E-state index >= 15 is 0 Å². The Balaban J connectivity index is 2.80. The number of aryl methyl sites for hydroxylation is 1. The first-order valence-electron chi connectivity index (χ1n) is 6.11. The summed E-state index contributed by atoms with van der Waals surface area (Å²) in [6.45, 7) is 1.88. The summed E-state index contributed by atoms with van der Waals surface area (Å²) in [5.74, 6) is 0.469. The lowest BCUT2D eigenvalue weighted by atomic mass is 10.1. The van der Waals surface area contributed by atoms with Gasteiger partial charge in [-0.3, -0.25) is 9.59 Å². The first kappa shape index (κ1) is 15.8. The number of hydrogen-bond acceptors (Lipinski definition) is 5. The normalized spacial score (nSPS) is 9.80. The zero-order chi connectivity index (χ0) is 15.1. The van der Waals surface area contributed by atoms with Crippen molar-refractivity contribution >= 4 is 17.6 Å². The minimum atomic E-state index is -0.423. The molecule has 0 heterocycles. The standard InChI is InChI=1S/C14H19NO5/c1-9-7-12(19-3)10(8-11(9)18-2)15-13(16)5-6-14(17)20-4/h7-8H,5-6H2,1-4H3,(H,15,16). The molecule has 0 aliphatic heterocycles. The smallest absolute Gasteiger partial charge is 0.306 e. The average molecular weight is 281 g/mol. The van der Waals surface area contributed by atoms with Crippen molar-refractivity contribution in [1.82, 2.24) is 0 Å². The molecule has 0 saturated heterocycles. The molecule has 1 N–H and O–H groups in total. The molecule has 6 heteroatoms. The van der Waals surface area contributed by atoms with Crippen LogP contribution in [0, 0.1) is 6.92 Å². The number of esters is 1. The molecule has 0 unspecified atom stereocenters. The molecule has 0 aromatic heterocycles. The zero-order valence-corrected chi connectivity index (χ0v) is 12.1. The summed E-state index contributed by atoms with van der Waals surface area (Å²) >= 11 is 0. The number of carbonyl (C=O) groups is 2. The maximum atomic E-state index is 11.8. The van der Waals surface area contributed by atoms with E-state index in [0.29, 0.717) is 17.2 Å². The Hall–Kier alpha value is -2.24. The molecule has 1 amide bonds. The van der Waals surface area contributed by atoms with Crippen LogP contribution in [0.5, 0.6) is 11.5 Å². The summed E-state index contributed by atoms with van der Waals surface area (Å²) in [7, 11) is 4.36. The Labute approximate surface area is 118 Å². The largest absolute Gasteiger partial charge is 0.496 e. The number of ether oxygens (including phenoxy) is 3. The number of amides is 1. The number of benzene rings is 1. The van der Waals surface area contributed by atoms with E-state index in [2.05, 4.69) is 10.1 Å². The molecular weight excluding hydrogens is 262 g/mol. The van der Waals surface area contributed by atoms with Gasteiger partial charge in [-0.2, -0.15) is 0 Å². The third kappa shape index (κ3) is 4.15. The van der Waals surface area contributed by atoms with Gasteiger partial charge in [-0.15, -0.1) is 0 Å². The number of anilines is 1. The van der Waals surface area contributed by atoms with Gasteiger partial charge in [0.05, 0.1) is 33.4 Å². The summed E-state index contributed by atoms with van der Waals surface area (Å²) in [5, 5.41) is 2.69. The van der Waals surface area contributed by atoms with Crippen molar-refractivity contribution < 1.29 is 23.8 Å². The summed E-state index contributed by atoms with van der Waals surface area (Å²) in [5.41, 5.74) is 1.40. The van der Waals surface area contributed by atoms with Crippen molar-refractivity contribution in [1.29, 1.82) is 0 Å². The zero-order valence-electron chi connectivity index (χ0n) is 12.1. The minimum Gasteiger partial charge on any atom is -0.496 e. The Morgan fingerprint density at radius 2 is 1.70 bits per heavy atom. The van der Waals surface area contributed by atoms with E-state index in [1.807, 2.05) is 6.92 Å². The van der Waals surface area contributed by atoms with Crippen molar-refractivity contribution in [2.24, 2.45) is 0 Å². The van der Waals surface area contributed by atoms with E-state index in [1.165, 1.54) is 14.2 Å². The molecular formula is C14H19NO5. The minimum absolute atomic E-state index is 0.0354. The van der Waals surface area contributed by atoms with Crippen LogP contribution in [0.3, 0.4) is 0 Å². The van der Waals surface area contributed by atoms with Gasteiger partial charge in [0.25, 0.3) is 0 Å². The lowest BCUT2D eigenvalue weighted by molar-refractivity contribution is -0.141. The van der Waals surface area contributed by atoms with E-state index < -0.39 is 5.97 Å². The Kier molecular flexibility index (Phi) is 5.83. The third-order valence-electron chi connectivity index (χ3n) is 2.77. The third-order valence-corrected chi connectivity index (χ3v) is 2.77. The number of nitrogens with one attached hydrogen (secondary N) is 1. The maximum Gasteiger partial charge on any atom is 0.306 e. The van der Waals surface area contributed by atoms with Gasteiger partial charge >= 0.3 is 5.97 Å². The Bertz CT molecular complexity index is 499. The topological polar surface area (TPSA) is 73.9 Å². The van der Waals surface area contributed by atoms with Crippen LogP contribution in [-0.2, 0) is 14.3 Å². The van der Waals surface area contributed by atoms with Crippen molar-refractivity contribution in [2.75, 3.05) is 26.6 Å². The highest BCUT2D eigenvalue weighted by Gasteiger charge is 2.12. The van der Waals surface area contributed by atoms with Gasteiger partial charge in [0.15, 0.2) is 0 Å². The SMILES string of the molecule is COC(=O)CCC(=O)Nc1cc(OC)c(C)cc1OC. The maximum absolute atomic E-state index is 11.8. The molecule has 0 bridgehead atoms. The lowest BCUT2D eigenvalue weighted by Crippen LogP contribution is -2.14. The molecule has 0 saturated carbocycles. The Morgan fingerprint density at radius 3 is 2.25 bits per heavy atom. The lowest BCUT2D eigenvalue weighted by Gasteiger charge is -2.13.